The zero-order valence-electron chi connectivity index (χ0n) is 29.6. The zero-order chi connectivity index (χ0) is 53.3. The van der Waals surface area contributed by atoms with Gasteiger partial charge in [-0.3, -0.25) is 9.53 Å². The molecule has 0 amide bonds. The number of carbonyl (C=O) groups is 3. The predicted octanol–water partition coefficient (Wildman–Crippen LogP) is 12.2. The first-order valence-corrected chi connectivity index (χ1v) is 13.7. The molecule has 3 unspecified atom stereocenters. The number of carbonyl (C=O) groups excluding carboxylic acids is 3. The van der Waals surface area contributed by atoms with Gasteiger partial charge in [-0.05, 0) is 0 Å². The molecule has 0 heterocycles. The molecule has 388 valence electrons. The third-order valence-corrected chi connectivity index (χ3v) is 4.61. The van der Waals surface area contributed by atoms with Crippen LogP contribution in [0.2, 0.25) is 0 Å². The average Bonchev–Trinajstić information content (AvgIpc) is 3.00. The Balaban J connectivity index is -0.000000260. The fourth-order valence-electron chi connectivity index (χ4n) is 2.04. The third-order valence-electron chi connectivity index (χ3n) is 4.61. The SMILES string of the molecule is COC(=O)CC(F)(F)F.COC(=O)F.COC(=O)F.FC(F)(F)CC(OC(F)(F)C(F)(F)C(F)(F)F)C(F)(F)F.FC(OC(F)(F)C(F)(F)OC(CC(F)(F)F)C(F)(F)F)C(F)(F)F. The van der Waals surface area contributed by atoms with Crippen LogP contribution in [0.15, 0.2) is 0 Å². The third kappa shape index (κ3) is 31.8. The maximum absolute atomic E-state index is 12.8. The summed E-state index contributed by atoms with van der Waals surface area (Å²) in [5, 5.41) is 0. The summed E-state index contributed by atoms with van der Waals surface area (Å²) < 4.78 is 397. The summed E-state index contributed by atoms with van der Waals surface area (Å²) in [4.78, 5) is 27.7. The molecule has 3 atom stereocenters. The molecule has 0 N–H and O–H groups in total. The Hall–Kier alpha value is -3.95. The van der Waals surface area contributed by atoms with E-state index >= 15 is 0 Å². The van der Waals surface area contributed by atoms with E-state index in [0.29, 0.717) is 0 Å². The number of alkyl halides is 30. The lowest BCUT2D eigenvalue weighted by Crippen LogP contribution is -2.56. The summed E-state index contributed by atoms with van der Waals surface area (Å²) >= 11 is 0. The Kier molecular flexibility index (Phi) is 27.1. The Morgan fingerprint density at radius 3 is 0.844 bits per heavy atom. The second-order valence-electron chi connectivity index (χ2n) is 9.78. The van der Waals surface area contributed by atoms with Crippen molar-refractivity contribution in [3.8, 4) is 0 Å². The summed E-state index contributed by atoms with van der Waals surface area (Å²) in [6.45, 7) is 0. The topological polar surface area (TPSA) is 107 Å². The quantitative estimate of drug-likeness (QED) is 0.0865. The van der Waals surface area contributed by atoms with Gasteiger partial charge in [0.05, 0.1) is 34.2 Å². The Morgan fingerprint density at radius 2 is 0.672 bits per heavy atom. The molecule has 0 radical (unpaired) electrons. The molecule has 0 rings (SSSR count). The molecule has 0 aromatic heterocycles. The van der Waals surface area contributed by atoms with Crippen molar-refractivity contribution in [1.29, 1.82) is 0 Å². The fraction of sp³-hybridized carbons (Fsp3) is 0.870. The minimum atomic E-state index is -7.12. The van der Waals surface area contributed by atoms with Crippen LogP contribution in [0.1, 0.15) is 19.3 Å². The molecule has 0 saturated carbocycles. The first-order chi connectivity index (χ1) is 27.5. The van der Waals surface area contributed by atoms with Gasteiger partial charge in [0.15, 0.2) is 12.2 Å². The van der Waals surface area contributed by atoms with Crippen molar-refractivity contribution < 1.29 is 183 Å². The van der Waals surface area contributed by atoms with Crippen molar-refractivity contribution in [2.45, 2.75) is 105 Å². The Morgan fingerprint density at radius 1 is 0.406 bits per heavy atom. The van der Waals surface area contributed by atoms with Crippen molar-refractivity contribution in [3.05, 3.63) is 0 Å². The van der Waals surface area contributed by atoms with Gasteiger partial charge in [0, 0.05) is 0 Å². The van der Waals surface area contributed by atoms with E-state index in [1.54, 1.807) is 0 Å². The normalized spacial score (nSPS) is 14.9. The van der Waals surface area contributed by atoms with Crippen molar-refractivity contribution >= 4 is 18.4 Å². The fourth-order valence-corrected chi connectivity index (χ4v) is 2.04. The van der Waals surface area contributed by atoms with Gasteiger partial charge in [0.1, 0.15) is 6.42 Å². The van der Waals surface area contributed by atoms with Crippen LogP contribution in [-0.4, -0.2) is 126 Å². The second-order valence-corrected chi connectivity index (χ2v) is 9.78. The molecular weight excluding hydrogens is 1030 g/mol. The first-order valence-electron chi connectivity index (χ1n) is 13.7. The number of halogens is 32. The summed E-state index contributed by atoms with van der Waals surface area (Å²) in [6.07, 6.45) is -87.8. The van der Waals surface area contributed by atoms with Crippen LogP contribution >= 0.6 is 0 Å². The highest BCUT2D eigenvalue weighted by molar-refractivity contribution is 5.69. The molecule has 0 aromatic rings. The smallest absolute Gasteiger partial charge is 0.469 e. The lowest BCUT2D eigenvalue weighted by molar-refractivity contribution is -0.481. The summed E-state index contributed by atoms with van der Waals surface area (Å²) in [5.41, 5.74) is 0. The Labute approximate surface area is 329 Å². The molecule has 41 heteroatoms. The van der Waals surface area contributed by atoms with E-state index in [4.69, 9.17) is 9.59 Å². The number of hydrogen-bond acceptors (Lipinski definition) is 9. The van der Waals surface area contributed by atoms with E-state index in [2.05, 4.69) is 23.7 Å². The molecule has 0 aliphatic rings. The monoisotopic (exact) mass is 1050 g/mol. The lowest BCUT2D eigenvalue weighted by Gasteiger charge is -2.31. The average molecular weight is 1050 g/mol. The van der Waals surface area contributed by atoms with E-state index in [1.807, 2.05) is 4.74 Å². The van der Waals surface area contributed by atoms with Crippen molar-refractivity contribution in [2.24, 2.45) is 0 Å². The summed E-state index contributed by atoms with van der Waals surface area (Å²) in [6, 6.07) is 0. The van der Waals surface area contributed by atoms with E-state index < -0.39 is 124 Å². The van der Waals surface area contributed by atoms with E-state index in [1.165, 1.54) is 0 Å². The molecule has 0 aromatic carbocycles. The van der Waals surface area contributed by atoms with Crippen molar-refractivity contribution in [3.63, 3.8) is 0 Å². The number of esters is 1. The van der Waals surface area contributed by atoms with Crippen molar-refractivity contribution in [2.75, 3.05) is 21.3 Å². The molecule has 0 bridgehead atoms. The van der Waals surface area contributed by atoms with Crippen LogP contribution in [0.4, 0.5) is 150 Å². The summed E-state index contributed by atoms with van der Waals surface area (Å²) in [7, 11) is 2.86. The van der Waals surface area contributed by atoms with Gasteiger partial charge in [-0.1, -0.05) is 0 Å². The van der Waals surface area contributed by atoms with Crippen LogP contribution in [-0.2, 0) is 33.2 Å². The van der Waals surface area contributed by atoms with Gasteiger partial charge in [0.25, 0.3) is 6.36 Å². The Bertz CT molecular complexity index is 1340. The highest BCUT2D eigenvalue weighted by Crippen LogP contribution is 2.49. The van der Waals surface area contributed by atoms with Gasteiger partial charge in [-0.2, -0.15) is 127 Å². The molecule has 9 nitrogen and oxygen atoms in total. The van der Waals surface area contributed by atoms with Crippen LogP contribution in [0.5, 0.6) is 0 Å². The van der Waals surface area contributed by atoms with E-state index in [9.17, 15) is 145 Å². The largest absolute Gasteiger partial charge is 0.495 e. The zero-order valence-corrected chi connectivity index (χ0v) is 29.6. The molecule has 0 spiro atoms. The maximum atomic E-state index is 12.8. The van der Waals surface area contributed by atoms with Gasteiger partial charge in [-0.25, -0.2) is 14.0 Å². The minimum Gasteiger partial charge on any atom is -0.469 e. The molecular formula is C23H18F32O9. The van der Waals surface area contributed by atoms with Gasteiger partial charge in [-0.15, -0.1) is 8.78 Å². The molecule has 0 aliphatic heterocycles. The standard InChI is InChI=1S/C8H4F14O2.C7H3F13O.C4H5F3O2.2C2H3FO2/c9-3(6(16,17)18)24-8(21,22)7(19,20)23-2(5(13,14)15)1-4(10,11)12;8-3(9,10)1-2(4(11,12)13)21-7(19,20)5(14,15)6(16,17)18;1-9-3(8)2-4(5,6)7;2*1-5-2(3)4/h2-3H,1H2;2H,1H2;2H2,1H3;2*1H3. The molecule has 0 saturated heterocycles. The van der Waals surface area contributed by atoms with Gasteiger partial charge < -0.3 is 23.7 Å². The number of hydrogen-bond donors (Lipinski definition) is 0. The lowest BCUT2D eigenvalue weighted by atomic mass is 10.2. The predicted molar refractivity (Wildman–Crippen MR) is 131 cm³/mol. The van der Waals surface area contributed by atoms with Crippen LogP contribution < -0.4 is 0 Å². The van der Waals surface area contributed by atoms with Crippen LogP contribution in [0.25, 0.3) is 0 Å². The maximum Gasteiger partial charge on any atom is 0.495 e. The van der Waals surface area contributed by atoms with Crippen molar-refractivity contribution in [1.82, 2.24) is 0 Å². The van der Waals surface area contributed by atoms with Crippen LogP contribution in [0, 0.1) is 0 Å². The van der Waals surface area contributed by atoms with E-state index in [0.717, 1.165) is 21.3 Å². The molecule has 64 heavy (non-hydrogen) atoms. The first kappa shape index (κ1) is 69.1. The van der Waals surface area contributed by atoms with Gasteiger partial charge in [0.2, 0.25) is 0 Å². The second kappa shape index (κ2) is 25.1. The van der Waals surface area contributed by atoms with Gasteiger partial charge >= 0.3 is 85.9 Å². The number of methoxy groups -OCH3 is 3. The summed E-state index contributed by atoms with van der Waals surface area (Å²) in [5.74, 6) is -8.38. The van der Waals surface area contributed by atoms with E-state index in [-0.39, 0.29) is 0 Å². The molecule has 0 aliphatic carbocycles. The minimum absolute atomic E-state index is 0.911. The van der Waals surface area contributed by atoms with Crippen LogP contribution in [0.3, 0.4) is 0 Å². The number of ether oxygens (including phenoxy) is 6. The molecule has 0 fully saturated rings. The highest BCUT2D eigenvalue weighted by atomic mass is 19.4. The highest BCUT2D eigenvalue weighted by Gasteiger charge is 2.76. The number of rotatable bonds is 11.